The molecule has 0 fully saturated rings. The molecule has 0 aliphatic heterocycles. The lowest BCUT2D eigenvalue weighted by atomic mass is 9.88. The molecule has 0 radical (unpaired) electrons. The lowest BCUT2D eigenvalue weighted by Gasteiger charge is -2.26. The lowest BCUT2D eigenvalue weighted by Crippen LogP contribution is -2.32. The van der Waals surface area contributed by atoms with E-state index < -0.39 is 5.54 Å². The van der Waals surface area contributed by atoms with Gasteiger partial charge in [-0.05, 0) is 31.4 Å². The number of carbonyl (C=O) groups excluding carboxylic acids is 1. The van der Waals surface area contributed by atoms with Gasteiger partial charge in [0.25, 0.3) is 0 Å². The van der Waals surface area contributed by atoms with Crippen LogP contribution in [0.5, 0.6) is 0 Å². The molecule has 2 atom stereocenters. The van der Waals surface area contributed by atoms with Gasteiger partial charge in [-0.25, -0.2) is 0 Å². The summed E-state index contributed by atoms with van der Waals surface area (Å²) in [5, 5.41) is 11.0. The Bertz CT molecular complexity index is 531. The third-order valence-electron chi connectivity index (χ3n) is 4.19. The van der Waals surface area contributed by atoms with Crippen LogP contribution in [0.2, 0.25) is 0 Å². The maximum absolute atomic E-state index is 11.0. The first-order chi connectivity index (χ1) is 10.4. The summed E-state index contributed by atoms with van der Waals surface area (Å²) in [6.07, 6.45) is 12.5. The van der Waals surface area contributed by atoms with Crippen LogP contribution in [0.15, 0.2) is 35.6 Å². The molecule has 0 bridgehead atoms. The highest BCUT2D eigenvalue weighted by atomic mass is 16.6. The summed E-state index contributed by atoms with van der Waals surface area (Å²) in [4.78, 5) is 21.5. The Morgan fingerprint density at radius 2 is 2.18 bits per heavy atom. The van der Waals surface area contributed by atoms with Crippen LogP contribution >= 0.6 is 0 Å². The van der Waals surface area contributed by atoms with E-state index in [4.69, 9.17) is 4.74 Å². The Kier molecular flexibility index (Phi) is 5.16. The third kappa shape index (κ3) is 4.29. The zero-order valence-electron chi connectivity index (χ0n) is 13.2. The quantitative estimate of drug-likeness (QED) is 0.325. The standard InChI is InChI=1S/C17H23NO4/c1-17(2,18(20)21)11-13-3-7-15(8-4-13)22-16-9-5-14(12-19)6-10-16/h3,5,9-10,12,14-15H,4,6-8,11H2,1-2H3/t14-,15?/m0/s1. The summed E-state index contributed by atoms with van der Waals surface area (Å²) in [7, 11) is 0. The van der Waals surface area contributed by atoms with Crippen molar-refractivity contribution >= 4 is 6.29 Å². The Morgan fingerprint density at radius 3 is 2.68 bits per heavy atom. The van der Waals surface area contributed by atoms with Crippen molar-refractivity contribution in [2.75, 3.05) is 0 Å². The van der Waals surface area contributed by atoms with Crippen LogP contribution in [-0.4, -0.2) is 22.9 Å². The zero-order valence-corrected chi connectivity index (χ0v) is 13.2. The van der Waals surface area contributed by atoms with Gasteiger partial charge in [-0.1, -0.05) is 17.7 Å². The number of rotatable bonds is 6. The largest absolute Gasteiger partial charge is 0.490 e. The Hall–Kier alpha value is -1.91. The number of aldehydes is 1. The number of nitro groups is 1. The van der Waals surface area contributed by atoms with E-state index in [-0.39, 0.29) is 16.9 Å². The highest BCUT2D eigenvalue weighted by Crippen LogP contribution is 2.30. The molecule has 0 spiro atoms. The van der Waals surface area contributed by atoms with Crippen molar-refractivity contribution in [3.05, 3.63) is 45.8 Å². The first kappa shape index (κ1) is 16.5. The Morgan fingerprint density at radius 1 is 1.41 bits per heavy atom. The van der Waals surface area contributed by atoms with Crippen molar-refractivity contribution in [1.82, 2.24) is 0 Å². The number of hydrogen-bond acceptors (Lipinski definition) is 4. The van der Waals surface area contributed by atoms with Crippen LogP contribution in [-0.2, 0) is 9.53 Å². The van der Waals surface area contributed by atoms with E-state index in [9.17, 15) is 14.9 Å². The molecule has 2 rings (SSSR count). The molecule has 2 aliphatic carbocycles. The lowest BCUT2D eigenvalue weighted by molar-refractivity contribution is -0.560. The molecule has 5 nitrogen and oxygen atoms in total. The van der Waals surface area contributed by atoms with Crippen LogP contribution < -0.4 is 0 Å². The molecular formula is C17H23NO4. The van der Waals surface area contributed by atoms with Gasteiger partial charge < -0.3 is 9.53 Å². The van der Waals surface area contributed by atoms with Gasteiger partial charge in [0.2, 0.25) is 5.54 Å². The third-order valence-corrected chi connectivity index (χ3v) is 4.19. The number of allylic oxidation sites excluding steroid dienone is 3. The molecule has 0 heterocycles. The van der Waals surface area contributed by atoms with Crippen molar-refractivity contribution in [2.45, 2.75) is 57.6 Å². The van der Waals surface area contributed by atoms with E-state index >= 15 is 0 Å². The minimum Gasteiger partial charge on any atom is -0.490 e. The molecule has 1 unspecified atom stereocenters. The topological polar surface area (TPSA) is 69.4 Å². The number of hydrogen-bond donors (Lipinski definition) is 0. The summed E-state index contributed by atoms with van der Waals surface area (Å²) in [6.45, 7) is 3.33. The second kappa shape index (κ2) is 6.90. The van der Waals surface area contributed by atoms with Gasteiger partial charge in [0.15, 0.2) is 0 Å². The van der Waals surface area contributed by atoms with E-state index in [0.717, 1.165) is 36.9 Å². The number of nitrogens with zero attached hydrogens (tertiary/aromatic N) is 1. The summed E-state index contributed by atoms with van der Waals surface area (Å²) >= 11 is 0. The molecule has 0 saturated heterocycles. The van der Waals surface area contributed by atoms with Crippen molar-refractivity contribution in [2.24, 2.45) is 5.92 Å². The van der Waals surface area contributed by atoms with E-state index in [0.29, 0.717) is 12.8 Å². The monoisotopic (exact) mass is 305 g/mol. The van der Waals surface area contributed by atoms with Gasteiger partial charge in [-0.15, -0.1) is 0 Å². The molecule has 0 N–H and O–H groups in total. The van der Waals surface area contributed by atoms with Crippen LogP contribution in [0.4, 0.5) is 0 Å². The minimum absolute atomic E-state index is 0.0328. The average Bonchev–Trinajstić information content (AvgIpc) is 2.49. The Labute approximate surface area is 130 Å². The first-order valence-electron chi connectivity index (χ1n) is 7.73. The van der Waals surface area contributed by atoms with Crippen LogP contribution in [0.1, 0.15) is 46.0 Å². The summed E-state index contributed by atoms with van der Waals surface area (Å²) in [6, 6.07) is 0. The van der Waals surface area contributed by atoms with Gasteiger partial charge in [-0.3, -0.25) is 10.1 Å². The van der Waals surface area contributed by atoms with Gasteiger partial charge >= 0.3 is 0 Å². The fourth-order valence-corrected chi connectivity index (χ4v) is 2.75. The molecule has 2 aliphatic rings. The predicted octanol–water partition coefficient (Wildman–Crippen LogP) is 3.59. The molecular weight excluding hydrogens is 282 g/mol. The van der Waals surface area contributed by atoms with Crippen molar-refractivity contribution in [3.8, 4) is 0 Å². The van der Waals surface area contributed by atoms with Gasteiger partial charge in [0, 0.05) is 37.5 Å². The van der Waals surface area contributed by atoms with Crippen LogP contribution in [0.3, 0.4) is 0 Å². The molecule has 0 aromatic rings. The second-order valence-corrected chi connectivity index (χ2v) is 6.62. The molecule has 0 aromatic carbocycles. The smallest absolute Gasteiger partial charge is 0.220 e. The SMILES string of the molecule is CC(C)(CC1=CCC(OC2=CC[C@@H](C=O)C=C2)CC1)[N+](=O)[O-]. The van der Waals surface area contributed by atoms with E-state index in [1.54, 1.807) is 13.8 Å². The van der Waals surface area contributed by atoms with E-state index in [1.165, 1.54) is 0 Å². The van der Waals surface area contributed by atoms with Gasteiger partial charge in [-0.2, -0.15) is 0 Å². The fourth-order valence-electron chi connectivity index (χ4n) is 2.75. The van der Waals surface area contributed by atoms with Crippen LogP contribution in [0, 0.1) is 16.0 Å². The second-order valence-electron chi connectivity index (χ2n) is 6.62. The summed E-state index contributed by atoms with van der Waals surface area (Å²) in [5.41, 5.74) is 0.244. The summed E-state index contributed by atoms with van der Waals surface area (Å²) < 4.78 is 5.93. The molecule has 120 valence electrons. The maximum Gasteiger partial charge on any atom is 0.220 e. The maximum atomic E-state index is 11.0. The molecule has 0 amide bonds. The molecule has 0 saturated carbocycles. The highest BCUT2D eigenvalue weighted by molar-refractivity contribution is 5.58. The highest BCUT2D eigenvalue weighted by Gasteiger charge is 2.32. The van der Waals surface area contributed by atoms with E-state index in [2.05, 4.69) is 6.08 Å². The van der Waals surface area contributed by atoms with Gasteiger partial charge in [0.1, 0.15) is 18.1 Å². The summed E-state index contributed by atoms with van der Waals surface area (Å²) in [5.74, 6) is 0.792. The van der Waals surface area contributed by atoms with Crippen molar-refractivity contribution in [1.29, 1.82) is 0 Å². The molecule has 22 heavy (non-hydrogen) atoms. The normalized spacial score (nSPS) is 25.2. The molecule has 5 heteroatoms. The first-order valence-corrected chi connectivity index (χ1v) is 7.73. The number of carbonyl (C=O) groups is 1. The zero-order chi connectivity index (χ0) is 16.2. The van der Waals surface area contributed by atoms with Crippen LogP contribution in [0.25, 0.3) is 0 Å². The van der Waals surface area contributed by atoms with Gasteiger partial charge in [0.05, 0.1) is 0 Å². The van der Waals surface area contributed by atoms with Crippen molar-refractivity contribution in [3.63, 3.8) is 0 Å². The predicted molar refractivity (Wildman–Crippen MR) is 83.9 cm³/mol. The van der Waals surface area contributed by atoms with E-state index in [1.807, 2.05) is 18.2 Å². The fraction of sp³-hybridized carbons (Fsp3) is 0.588. The minimum atomic E-state index is -0.905. The molecule has 0 aromatic heterocycles. The average molecular weight is 305 g/mol. The van der Waals surface area contributed by atoms with Crippen molar-refractivity contribution < 1.29 is 14.5 Å². The number of ether oxygens (including phenoxy) is 1. The Balaban J connectivity index is 1.84.